The van der Waals surface area contributed by atoms with E-state index in [2.05, 4.69) is 0 Å². The minimum absolute atomic E-state index is 0. The summed E-state index contributed by atoms with van der Waals surface area (Å²) in [6.07, 6.45) is 3.80. The van der Waals surface area contributed by atoms with Crippen LogP contribution in [0.15, 0.2) is 24.5 Å². The minimum atomic E-state index is -0.412. The predicted octanol–water partition coefficient (Wildman–Crippen LogP) is 3.06. The van der Waals surface area contributed by atoms with E-state index in [-0.39, 0.29) is 40.5 Å². The lowest BCUT2D eigenvalue weighted by Gasteiger charge is -2.10. The number of nitro benzene ring substituents is 1. The molecule has 0 radical (unpaired) electrons. The first-order valence-electron chi connectivity index (χ1n) is 7.46. The van der Waals surface area contributed by atoms with E-state index < -0.39 is 4.92 Å². The average molecular weight is 412 g/mol. The SMILES string of the molecule is Br.Cc1cc(C)c[n+](CC(=O)c2c(C)cc(C)c([N+](=O)[O-])c2C)c1.O. The maximum Gasteiger partial charge on any atom is 0.275 e. The van der Waals surface area contributed by atoms with Crippen LogP contribution in [-0.4, -0.2) is 16.2 Å². The van der Waals surface area contributed by atoms with Gasteiger partial charge in [-0.15, -0.1) is 17.0 Å². The minimum Gasteiger partial charge on any atom is -0.412 e. The van der Waals surface area contributed by atoms with Crippen molar-refractivity contribution in [2.75, 3.05) is 0 Å². The van der Waals surface area contributed by atoms with Crippen LogP contribution in [-0.2, 0) is 6.54 Å². The monoisotopic (exact) mass is 411 g/mol. The molecule has 136 valence electrons. The van der Waals surface area contributed by atoms with Gasteiger partial charge in [-0.1, -0.05) is 0 Å². The van der Waals surface area contributed by atoms with Crippen molar-refractivity contribution in [1.29, 1.82) is 0 Å². The Hall–Kier alpha value is -2.12. The molecule has 0 aliphatic carbocycles. The molecular weight excluding hydrogens is 388 g/mol. The van der Waals surface area contributed by atoms with Crippen LogP contribution in [0.5, 0.6) is 0 Å². The molecule has 1 aromatic heterocycles. The van der Waals surface area contributed by atoms with E-state index in [4.69, 9.17) is 0 Å². The van der Waals surface area contributed by atoms with E-state index >= 15 is 0 Å². The second-order valence-corrected chi connectivity index (χ2v) is 6.10. The smallest absolute Gasteiger partial charge is 0.275 e. The van der Waals surface area contributed by atoms with Crippen molar-refractivity contribution in [3.63, 3.8) is 0 Å². The fourth-order valence-electron chi connectivity index (χ4n) is 3.22. The van der Waals surface area contributed by atoms with Crippen LogP contribution in [0.1, 0.15) is 38.2 Å². The highest BCUT2D eigenvalue weighted by molar-refractivity contribution is 8.93. The lowest BCUT2D eigenvalue weighted by atomic mass is 9.94. The number of benzene rings is 1. The number of ketones is 1. The van der Waals surface area contributed by atoms with Gasteiger partial charge in [0.15, 0.2) is 12.4 Å². The molecule has 2 N–H and O–H groups in total. The highest BCUT2D eigenvalue weighted by Gasteiger charge is 2.25. The van der Waals surface area contributed by atoms with Crippen LogP contribution in [0.3, 0.4) is 0 Å². The van der Waals surface area contributed by atoms with Crippen LogP contribution < -0.4 is 4.57 Å². The number of halogens is 1. The largest absolute Gasteiger partial charge is 0.412 e. The maximum atomic E-state index is 12.7. The standard InChI is InChI=1S/C18H21N2O3.BrH.H2O/c1-11-6-12(2)9-19(8-11)10-16(21)17-13(3)7-14(4)18(15(17)5)20(22)23;;/h6-9H,10H2,1-5H3;1H;1H2/q+1;;. The molecule has 2 rings (SSSR count). The summed E-state index contributed by atoms with van der Waals surface area (Å²) in [6, 6.07) is 3.75. The quantitative estimate of drug-likeness (QED) is 0.334. The Morgan fingerprint density at radius 2 is 1.56 bits per heavy atom. The topological polar surface area (TPSA) is 95.6 Å². The zero-order valence-electron chi connectivity index (χ0n) is 15.0. The molecule has 1 aromatic carbocycles. The average Bonchev–Trinajstić information content (AvgIpc) is 2.35. The number of carbonyl (C=O) groups is 1. The Morgan fingerprint density at radius 3 is 2.04 bits per heavy atom. The van der Waals surface area contributed by atoms with Crippen molar-refractivity contribution in [2.45, 2.75) is 41.2 Å². The third-order valence-corrected chi connectivity index (χ3v) is 3.91. The van der Waals surface area contributed by atoms with E-state index in [9.17, 15) is 14.9 Å². The van der Waals surface area contributed by atoms with Crippen molar-refractivity contribution in [1.82, 2.24) is 0 Å². The predicted molar refractivity (Wildman–Crippen MR) is 102 cm³/mol. The van der Waals surface area contributed by atoms with E-state index in [1.54, 1.807) is 19.9 Å². The Kier molecular flexibility index (Phi) is 8.08. The Morgan fingerprint density at radius 1 is 1.04 bits per heavy atom. The Bertz CT molecular complexity index is 799. The summed E-state index contributed by atoms with van der Waals surface area (Å²) in [5.74, 6) is -0.113. The summed E-state index contributed by atoms with van der Waals surface area (Å²) >= 11 is 0. The number of Topliss-reactive ketones (excluding diaryl/α,β-unsaturated/α-hetero) is 1. The third kappa shape index (κ3) is 4.93. The second-order valence-electron chi connectivity index (χ2n) is 6.10. The first kappa shape index (κ1) is 22.9. The number of hydrogen-bond donors (Lipinski definition) is 0. The van der Waals surface area contributed by atoms with E-state index in [1.807, 2.05) is 43.8 Å². The maximum absolute atomic E-state index is 12.7. The summed E-state index contributed by atoms with van der Waals surface area (Å²) in [6.45, 7) is 9.29. The number of aryl methyl sites for hydroxylation is 4. The molecule has 1 heterocycles. The molecule has 0 unspecified atom stereocenters. The van der Waals surface area contributed by atoms with Gasteiger partial charge in [-0.25, -0.2) is 0 Å². The van der Waals surface area contributed by atoms with Gasteiger partial charge in [0.05, 0.1) is 4.92 Å². The molecule has 0 saturated heterocycles. The zero-order chi connectivity index (χ0) is 17.3. The fraction of sp³-hybridized carbons (Fsp3) is 0.333. The van der Waals surface area contributed by atoms with Crippen molar-refractivity contribution in [2.24, 2.45) is 0 Å². The van der Waals surface area contributed by atoms with Crippen molar-refractivity contribution >= 4 is 28.5 Å². The molecule has 0 spiro atoms. The first-order valence-corrected chi connectivity index (χ1v) is 7.46. The number of nitrogens with zero attached hydrogens (tertiary/aromatic N) is 2. The molecule has 0 aliphatic heterocycles. The summed E-state index contributed by atoms with van der Waals surface area (Å²) in [5, 5.41) is 11.3. The molecule has 0 amide bonds. The molecule has 0 fully saturated rings. The highest BCUT2D eigenvalue weighted by atomic mass is 79.9. The fourth-order valence-corrected chi connectivity index (χ4v) is 3.22. The van der Waals surface area contributed by atoms with Crippen molar-refractivity contribution < 1.29 is 19.8 Å². The number of rotatable bonds is 4. The normalized spacial score (nSPS) is 9.80. The Labute approximate surface area is 157 Å². The van der Waals surface area contributed by atoms with E-state index in [0.29, 0.717) is 16.7 Å². The summed E-state index contributed by atoms with van der Waals surface area (Å²) < 4.78 is 1.83. The van der Waals surface area contributed by atoms with Gasteiger partial charge in [0.2, 0.25) is 12.3 Å². The molecule has 25 heavy (non-hydrogen) atoms. The summed E-state index contributed by atoms with van der Waals surface area (Å²) in [7, 11) is 0. The van der Waals surface area contributed by atoms with Gasteiger partial charge >= 0.3 is 0 Å². The van der Waals surface area contributed by atoms with Gasteiger partial charge < -0.3 is 5.48 Å². The Balaban J connectivity index is 0.00000288. The van der Waals surface area contributed by atoms with Crippen LogP contribution >= 0.6 is 17.0 Å². The van der Waals surface area contributed by atoms with Gasteiger partial charge in [0.1, 0.15) is 0 Å². The molecular formula is C18H24BrN2O4+. The first-order chi connectivity index (χ1) is 10.7. The van der Waals surface area contributed by atoms with Crippen LogP contribution in [0.4, 0.5) is 5.69 Å². The zero-order valence-corrected chi connectivity index (χ0v) is 16.8. The number of hydrogen-bond acceptors (Lipinski definition) is 3. The van der Waals surface area contributed by atoms with Crippen LogP contribution in [0.25, 0.3) is 0 Å². The van der Waals surface area contributed by atoms with Gasteiger partial charge in [0, 0.05) is 27.8 Å². The number of pyridine rings is 1. The van der Waals surface area contributed by atoms with Crippen LogP contribution in [0.2, 0.25) is 0 Å². The number of aromatic nitrogens is 1. The highest BCUT2D eigenvalue weighted by Crippen LogP contribution is 2.29. The molecule has 0 bridgehead atoms. The number of nitro groups is 1. The van der Waals surface area contributed by atoms with E-state index in [0.717, 1.165) is 16.7 Å². The van der Waals surface area contributed by atoms with Crippen molar-refractivity contribution in [3.05, 3.63) is 68.0 Å². The molecule has 0 atom stereocenters. The van der Waals surface area contributed by atoms with Gasteiger partial charge in [-0.05, 0) is 52.3 Å². The lowest BCUT2D eigenvalue weighted by Crippen LogP contribution is -2.38. The summed E-state index contributed by atoms with van der Waals surface area (Å²) in [5.41, 5.74) is 4.43. The van der Waals surface area contributed by atoms with Gasteiger partial charge in [-0.3, -0.25) is 14.9 Å². The molecule has 2 aromatic rings. The molecule has 7 heteroatoms. The third-order valence-electron chi connectivity index (χ3n) is 3.91. The lowest BCUT2D eigenvalue weighted by molar-refractivity contribution is -0.683. The molecule has 6 nitrogen and oxygen atoms in total. The molecule has 0 saturated carbocycles. The van der Waals surface area contributed by atoms with Crippen molar-refractivity contribution in [3.8, 4) is 0 Å². The van der Waals surface area contributed by atoms with E-state index in [1.165, 1.54) is 0 Å². The van der Waals surface area contributed by atoms with Gasteiger partial charge in [-0.2, -0.15) is 4.57 Å². The second kappa shape index (κ2) is 8.82. The van der Waals surface area contributed by atoms with Crippen LogP contribution in [0, 0.1) is 44.7 Å². The number of carbonyl (C=O) groups excluding carboxylic acids is 1. The summed E-state index contributed by atoms with van der Waals surface area (Å²) in [4.78, 5) is 23.6. The molecule has 0 aliphatic rings. The van der Waals surface area contributed by atoms with Gasteiger partial charge in [0.25, 0.3) is 5.69 Å².